The molecule has 0 aromatic carbocycles. The highest BCUT2D eigenvalue weighted by molar-refractivity contribution is 7.80. The molecule has 0 aromatic rings. The van der Waals surface area contributed by atoms with Crippen molar-refractivity contribution in [2.45, 2.75) is 19.3 Å². The number of hydrogen-bond acceptors (Lipinski definition) is 3. The van der Waals surface area contributed by atoms with Gasteiger partial charge in [-0.2, -0.15) is 0 Å². The van der Waals surface area contributed by atoms with Crippen molar-refractivity contribution in [1.82, 2.24) is 9.80 Å². The first-order chi connectivity index (χ1) is 7.49. The SMILES string of the molecule is CN(C)CC1CCN(C(=O)CC(N)=S)CC1. The van der Waals surface area contributed by atoms with Gasteiger partial charge in [-0.05, 0) is 32.9 Å². The number of rotatable bonds is 4. The Morgan fingerprint density at radius 2 is 2.00 bits per heavy atom. The average Bonchev–Trinajstić information content (AvgIpc) is 2.16. The van der Waals surface area contributed by atoms with E-state index < -0.39 is 0 Å². The molecule has 1 aliphatic heterocycles. The Labute approximate surface area is 103 Å². The summed E-state index contributed by atoms with van der Waals surface area (Å²) in [5.41, 5.74) is 5.37. The van der Waals surface area contributed by atoms with Crippen LogP contribution in [0.15, 0.2) is 0 Å². The summed E-state index contributed by atoms with van der Waals surface area (Å²) in [5.74, 6) is 0.791. The van der Waals surface area contributed by atoms with Crippen LogP contribution in [-0.4, -0.2) is 54.4 Å². The van der Waals surface area contributed by atoms with E-state index in [9.17, 15) is 4.79 Å². The lowest BCUT2D eigenvalue weighted by Gasteiger charge is -2.33. The standard InChI is InChI=1S/C11H21N3OS/c1-13(2)8-9-3-5-14(6-4-9)11(15)7-10(12)16/h9H,3-8H2,1-2H3,(H2,12,16). The molecule has 1 fully saturated rings. The van der Waals surface area contributed by atoms with Crippen molar-refractivity contribution in [3.05, 3.63) is 0 Å². The number of carbonyl (C=O) groups excluding carboxylic acids is 1. The molecule has 1 saturated heterocycles. The van der Waals surface area contributed by atoms with Gasteiger partial charge in [0, 0.05) is 19.6 Å². The second-order valence-corrected chi connectivity index (χ2v) is 5.25. The number of piperidine rings is 1. The van der Waals surface area contributed by atoms with Gasteiger partial charge in [0.15, 0.2) is 0 Å². The van der Waals surface area contributed by atoms with Gasteiger partial charge in [-0.3, -0.25) is 4.79 Å². The van der Waals surface area contributed by atoms with E-state index >= 15 is 0 Å². The van der Waals surface area contributed by atoms with Gasteiger partial charge in [-0.1, -0.05) is 12.2 Å². The molecule has 0 spiro atoms. The normalized spacial score (nSPS) is 17.8. The molecule has 0 atom stereocenters. The quantitative estimate of drug-likeness (QED) is 0.729. The van der Waals surface area contributed by atoms with Gasteiger partial charge >= 0.3 is 0 Å². The highest BCUT2D eigenvalue weighted by atomic mass is 32.1. The molecule has 0 aliphatic carbocycles. The lowest BCUT2D eigenvalue weighted by molar-refractivity contribution is -0.131. The van der Waals surface area contributed by atoms with Crippen molar-refractivity contribution in [2.24, 2.45) is 11.7 Å². The maximum atomic E-state index is 11.7. The number of nitrogens with two attached hydrogens (primary N) is 1. The second-order valence-electron chi connectivity index (χ2n) is 4.73. The molecule has 1 heterocycles. The van der Waals surface area contributed by atoms with E-state index in [-0.39, 0.29) is 12.3 Å². The first-order valence-electron chi connectivity index (χ1n) is 5.70. The zero-order valence-electron chi connectivity index (χ0n) is 10.1. The summed E-state index contributed by atoms with van der Waals surface area (Å²) in [7, 11) is 4.18. The Morgan fingerprint density at radius 1 is 1.44 bits per heavy atom. The van der Waals surface area contributed by atoms with Crippen LogP contribution in [0.25, 0.3) is 0 Å². The number of carbonyl (C=O) groups is 1. The summed E-state index contributed by atoms with van der Waals surface area (Å²) < 4.78 is 0. The van der Waals surface area contributed by atoms with Crippen molar-refractivity contribution < 1.29 is 4.79 Å². The first-order valence-corrected chi connectivity index (χ1v) is 6.10. The predicted octanol–water partition coefficient (Wildman–Crippen LogP) is 0.463. The smallest absolute Gasteiger partial charge is 0.229 e. The predicted molar refractivity (Wildman–Crippen MR) is 69.3 cm³/mol. The molecule has 0 aromatic heterocycles. The van der Waals surface area contributed by atoms with Crippen LogP contribution in [0.5, 0.6) is 0 Å². The first kappa shape index (κ1) is 13.4. The van der Waals surface area contributed by atoms with Crippen LogP contribution in [0.1, 0.15) is 19.3 Å². The summed E-state index contributed by atoms with van der Waals surface area (Å²) in [5, 5.41) is 0. The van der Waals surface area contributed by atoms with Crippen molar-refractivity contribution in [2.75, 3.05) is 33.7 Å². The number of thiocarbonyl (C=S) groups is 1. The summed E-state index contributed by atoms with van der Waals surface area (Å²) in [6.07, 6.45) is 2.39. The molecule has 0 bridgehead atoms. The highest BCUT2D eigenvalue weighted by Crippen LogP contribution is 2.18. The van der Waals surface area contributed by atoms with Crippen molar-refractivity contribution >= 4 is 23.1 Å². The van der Waals surface area contributed by atoms with Crippen LogP contribution in [0.4, 0.5) is 0 Å². The van der Waals surface area contributed by atoms with Crippen molar-refractivity contribution in [3.63, 3.8) is 0 Å². The van der Waals surface area contributed by atoms with Gasteiger partial charge in [0.05, 0.1) is 11.4 Å². The molecule has 1 rings (SSSR count). The molecule has 0 unspecified atom stereocenters. The Kier molecular flexibility index (Phi) is 5.15. The number of amides is 1. The molecule has 2 N–H and O–H groups in total. The maximum absolute atomic E-state index is 11.7. The molecular weight excluding hydrogens is 222 g/mol. The Hall–Kier alpha value is -0.680. The minimum absolute atomic E-state index is 0.0794. The number of nitrogens with zero attached hydrogens (tertiary/aromatic N) is 2. The van der Waals surface area contributed by atoms with Crippen LogP contribution in [-0.2, 0) is 4.79 Å². The second kappa shape index (κ2) is 6.15. The van der Waals surface area contributed by atoms with Gasteiger partial charge in [0.1, 0.15) is 0 Å². The fourth-order valence-corrected chi connectivity index (χ4v) is 2.27. The van der Waals surface area contributed by atoms with Gasteiger partial charge in [0.25, 0.3) is 0 Å². The van der Waals surface area contributed by atoms with Gasteiger partial charge < -0.3 is 15.5 Å². The fraction of sp³-hybridized carbons (Fsp3) is 0.818. The summed E-state index contributed by atoms with van der Waals surface area (Å²) in [6.45, 7) is 2.80. The zero-order valence-corrected chi connectivity index (χ0v) is 10.9. The number of hydrogen-bond donors (Lipinski definition) is 1. The largest absolute Gasteiger partial charge is 0.393 e. The van der Waals surface area contributed by atoms with Crippen LogP contribution in [0, 0.1) is 5.92 Å². The molecule has 5 heteroatoms. The monoisotopic (exact) mass is 243 g/mol. The van der Waals surface area contributed by atoms with Crippen LogP contribution in [0.2, 0.25) is 0 Å². The fourth-order valence-electron chi connectivity index (χ4n) is 2.14. The lowest BCUT2D eigenvalue weighted by atomic mass is 9.96. The summed E-state index contributed by atoms with van der Waals surface area (Å²) >= 11 is 4.74. The summed E-state index contributed by atoms with van der Waals surface area (Å²) in [6, 6.07) is 0. The molecule has 0 radical (unpaired) electrons. The number of likely N-dealkylation sites (tertiary alicyclic amines) is 1. The maximum Gasteiger partial charge on any atom is 0.229 e. The third-order valence-corrected chi connectivity index (χ3v) is 3.06. The molecular formula is C11H21N3OS. The Morgan fingerprint density at radius 3 is 2.44 bits per heavy atom. The highest BCUT2D eigenvalue weighted by Gasteiger charge is 2.22. The average molecular weight is 243 g/mol. The van der Waals surface area contributed by atoms with Crippen molar-refractivity contribution in [3.8, 4) is 0 Å². The molecule has 1 aliphatic rings. The van der Waals surface area contributed by atoms with Crippen LogP contribution >= 0.6 is 12.2 Å². The lowest BCUT2D eigenvalue weighted by Crippen LogP contribution is -2.41. The van der Waals surface area contributed by atoms with Crippen LogP contribution < -0.4 is 5.73 Å². The van der Waals surface area contributed by atoms with E-state index in [1.165, 1.54) is 0 Å². The van der Waals surface area contributed by atoms with Crippen LogP contribution in [0.3, 0.4) is 0 Å². The summed E-state index contributed by atoms with van der Waals surface area (Å²) in [4.78, 5) is 16.1. The van der Waals surface area contributed by atoms with E-state index in [1.54, 1.807) is 0 Å². The third kappa shape index (κ3) is 4.45. The topological polar surface area (TPSA) is 49.6 Å². The van der Waals surface area contributed by atoms with E-state index in [1.807, 2.05) is 4.90 Å². The van der Waals surface area contributed by atoms with Gasteiger partial charge in [-0.25, -0.2) is 0 Å². The third-order valence-electron chi connectivity index (χ3n) is 2.92. The van der Waals surface area contributed by atoms with Gasteiger partial charge in [0.2, 0.25) is 5.91 Å². The van der Waals surface area contributed by atoms with Crippen molar-refractivity contribution in [1.29, 1.82) is 0 Å². The Balaban J connectivity index is 2.31. The minimum atomic E-state index is 0.0794. The molecule has 0 saturated carbocycles. The van der Waals surface area contributed by atoms with Gasteiger partial charge in [-0.15, -0.1) is 0 Å². The molecule has 1 amide bonds. The van der Waals surface area contributed by atoms with E-state index in [0.717, 1.165) is 32.5 Å². The van der Waals surface area contributed by atoms with E-state index in [0.29, 0.717) is 10.9 Å². The minimum Gasteiger partial charge on any atom is -0.393 e. The molecule has 4 nitrogen and oxygen atoms in total. The molecule has 92 valence electrons. The van der Waals surface area contributed by atoms with E-state index in [4.69, 9.17) is 18.0 Å². The molecule has 16 heavy (non-hydrogen) atoms. The van der Waals surface area contributed by atoms with E-state index in [2.05, 4.69) is 19.0 Å². The zero-order chi connectivity index (χ0) is 12.1. The Bertz CT molecular complexity index is 260.